The Kier molecular flexibility index (Phi) is 3.51. The Balaban J connectivity index is 1.96. The maximum Gasteiger partial charge on any atom is 0.151 e. The van der Waals surface area contributed by atoms with Gasteiger partial charge in [-0.3, -0.25) is 9.88 Å². The third kappa shape index (κ3) is 2.65. The van der Waals surface area contributed by atoms with E-state index in [1.54, 1.807) is 12.4 Å². The first kappa shape index (κ1) is 10.8. The van der Waals surface area contributed by atoms with Gasteiger partial charge in [0.1, 0.15) is 0 Å². The summed E-state index contributed by atoms with van der Waals surface area (Å²) >= 11 is 5.95. The van der Waals surface area contributed by atoms with E-state index in [1.807, 2.05) is 0 Å². The molecule has 1 unspecified atom stereocenters. The minimum Gasteiger partial charge on any atom is -0.330 e. The lowest BCUT2D eigenvalue weighted by Gasteiger charge is -2.15. The quantitative estimate of drug-likeness (QED) is 0.833. The molecule has 2 heterocycles. The van der Waals surface area contributed by atoms with E-state index in [1.165, 1.54) is 6.42 Å². The van der Waals surface area contributed by atoms with Gasteiger partial charge in [0.15, 0.2) is 5.15 Å². The van der Waals surface area contributed by atoms with Crippen molar-refractivity contribution in [2.24, 2.45) is 11.7 Å². The maximum atomic E-state index is 5.95. The fraction of sp³-hybridized carbons (Fsp3) is 0.600. The normalized spacial score (nSPS) is 22.1. The average molecular weight is 227 g/mol. The van der Waals surface area contributed by atoms with Crippen LogP contribution in [0.25, 0.3) is 0 Å². The zero-order valence-electron chi connectivity index (χ0n) is 8.56. The highest BCUT2D eigenvalue weighted by molar-refractivity contribution is 6.29. The van der Waals surface area contributed by atoms with Crippen molar-refractivity contribution in [2.45, 2.75) is 13.0 Å². The minimum atomic E-state index is 0.508. The average Bonchev–Trinajstić information content (AvgIpc) is 2.69. The number of halogens is 1. The lowest BCUT2D eigenvalue weighted by Crippen LogP contribution is -2.23. The molecular formula is C10H15ClN4. The summed E-state index contributed by atoms with van der Waals surface area (Å²) in [6, 6.07) is 0. The van der Waals surface area contributed by atoms with Crippen molar-refractivity contribution in [3.63, 3.8) is 0 Å². The molecule has 0 spiro atoms. The zero-order valence-corrected chi connectivity index (χ0v) is 9.32. The summed E-state index contributed by atoms with van der Waals surface area (Å²) in [4.78, 5) is 10.6. The van der Waals surface area contributed by atoms with Crippen LogP contribution in [0.4, 0.5) is 0 Å². The van der Waals surface area contributed by atoms with E-state index in [0.717, 1.165) is 31.9 Å². The molecule has 1 fully saturated rings. The van der Waals surface area contributed by atoms with Gasteiger partial charge in [0.25, 0.3) is 0 Å². The second-order valence-electron chi connectivity index (χ2n) is 3.92. The first-order valence-corrected chi connectivity index (χ1v) is 5.55. The summed E-state index contributed by atoms with van der Waals surface area (Å²) in [7, 11) is 0. The number of aromatic nitrogens is 2. The van der Waals surface area contributed by atoms with Crippen molar-refractivity contribution in [1.29, 1.82) is 0 Å². The molecule has 2 N–H and O–H groups in total. The number of hydrogen-bond acceptors (Lipinski definition) is 4. The zero-order chi connectivity index (χ0) is 10.7. The van der Waals surface area contributed by atoms with Gasteiger partial charge in [-0.15, -0.1) is 0 Å². The van der Waals surface area contributed by atoms with Gasteiger partial charge in [0.2, 0.25) is 0 Å². The standard InChI is InChI=1S/C10H15ClN4/c11-10-9(13-2-3-14-10)7-15-4-1-8(5-12)6-15/h2-3,8H,1,4-7,12H2. The first-order chi connectivity index (χ1) is 7.29. The van der Waals surface area contributed by atoms with Gasteiger partial charge in [-0.25, -0.2) is 4.98 Å². The van der Waals surface area contributed by atoms with Crippen molar-refractivity contribution < 1.29 is 0 Å². The molecule has 5 heteroatoms. The van der Waals surface area contributed by atoms with Gasteiger partial charge in [0, 0.05) is 25.5 Å². The second-order valence-corrected chi connectivity index (χ2v) is 4.28. The smallest absolute Gasteiger partial charge is 0.151 e. The number of likely N-dealkylation sites (tertiary alicyclic amines) is 1. The van der Waals surface area contributed by atoms with E-state index in [0.29, 0.717) is 11.1 Å². The molecule has 1 aliphatic heterocycles. The fourth-order valence-electron chi connectivity index (χ4n) is 1.92. The molecule has 15 heavy (non-hydrogen) atoms. The van der Waals surface area contributed by atoms with Gasteiger partial charge >= 0.3 is 0 Å². The van der Waals surface area contributed by atoms with Crippen molar-refractivity contribution in [3.8, 4) is 0 Å². The van der Waals surface area contributed by atoms with Crippen LogP contribution in [0.5, 0.6) is 0 Å². The molecular weight excluding hydrogens is 212 g/mol. The SMILES string of the molecule is NCC1CCN(Cc2nccnc2Cl)C1. The molecule has 4 nitrogen and oxygen atoms in total. The van der Waals surface area contributed by atoms with E-state index in [-0.39, 0.29) is 0 Å². The summed E-state index contributed by atoms with van der Waals surface area (Å²) in [5.41, 5.74) is 6.50. The monoisotopic (exact) mass is 226 g/mol. The van der Waals surface area contributed by atoms with Crippen LogP contribution >= 0.6 is 11.6 Å². The first-order valence-electron chi connectivity index (χ1n) is 5.17. The van der Waals surface area contributed by atoms with E-state index in [4.69, 9.17) is 17.3 Å². The lowest BCUT2D eigenvalue weighted by atomic mass is 10.1. The lowest BCUT2D eigenvalue weighted by molar-refractivity contribution is 0.313. The van der Waals surface area contributed by atoms with Gasteiger partial charge in [-0.2, -0.15) is 0 Å². The van der Waals surface area contributed by atoms with E-state index >= 15 is 0 Å². The Morgan fingerprint density at radius 3 is 2.93 bits per heavy atom. The fourth-order valence-corrected chi connectivity index (χ4v) is 2.08. The van der Waals surface area contributed by atoms with Crippen LogP contribution in [-0.4, -0.2) is 34.5 Å². The van der Waals surface area contributed by atoms with Crippen LogP contribution in [0.3, 0.4) is 0 Å². The van der Waals surface area contributed by atoms with Crippen LogP contribution in [0.2, 0.25) is 5.15 Å². The Morgan fingerprint density at radius 2 is 2.27 bits per heavy atom. The molecule has 1 saturated heterocycles. The number of hydrogen-bond donors (Lipinski definition) is 1. The largest absolute Gasteiger partial charge is 0.330 e. The van der Waals surface area contributed by atoms with E-state index < -0.39 is 0 Å². The summed E-state index contributed by atoms with van der Waals surface area (Å²) in [5, 5.41) is 0.508. The minimum absolute atomic E-state index is 0.508. The summed E-state index contributed by atoms with van der Waals surface area (Å²) in [6.45, 7) is 3.67. The Morgan fingerprint density at radius 1 is 1.47 bits per heavy atom. The molecule has 2 rings (SSSR count). The summed E-state index contributed by atoms with van der Waals surface area (Å²) < 4.78 is 0. The molecule has 1 aromatic rings. The Bertz CT molecular complexity index is 331. The number of nitrogens with two attached hydrogens (primary N) is 1. The topological polar surface area (TPSA) is 55.0 Å². The molecule has 0 radical (unpaired) electrons. The Labute approximate surface area is 94.5 Å². The molecule has 1 aromatic heterocycles. The van der Waals surface area contributed by atoms with Crippen molar-refractivity contribution >= 4 is 11.6 Å². The predicted molar refractivity (Wildman–Crippen MR) is 59.5 cm³/mol. The van der Waals surface area contributed by atoms with Crippen LogP contribution < -0.4 is 5.73 Å². The third-order valence-corrected chi connectivity index (χ3v) is 3.12. The van der Waals surface area contributed by atoms with Gasteiger partial charge in [-0.1, -0.05) is 11.6 Å². The second kappa shape index (κ2) is 4.88. The van der Waals surface area contributed by atoms with Crippen LogP contribution in [0.15, 0.2) is 12.4 Å². The van der Waals surface area contributed by atoms with Crippen molar-refractivity contribution in [2.75, 3.05) is 19.6 Å². The number of rotatable bonds is 3. The van der Waals surface area contributed by atoms with Crippen LogP contribution in [0.1, 0.15) is 12.1 Å². The molecule has 0 amide bonds. The van der Waals surface area contributed by atoms with Crippen molar-refractivity contribution in [1.82, 2.24) is 14.9 Å². The summed E-state index contributed by atoms with van der Waals surface area (Å²) in [5.74, 6) is 0.625. The maximum absolute atomic E-state index is 5.95. The highest BCUT2D eigenvalue weighted by Crippen LogP contribution is 2.19. The highest BCUT2D eigenvalue weighted by atomic mass is 35.5. The molecule has 0 bridgehead atoms. The van der Waals surface area contributed by atoms with Gasteiger partial charge in [-0.05, 0) is 25.4 Å². The van der Waals surface area contributed by atoms with Crippen LogP contribution in [0, 0.1) is 5.92 Å². The van der Waals surface area contributed by atoms with Crippen molar-refractivity contribution in [3.05, 3.63) is 23.2 Å². The molecule has 0 saturated carbocycles. The molecule has 82 valence electrons. The van der Waals surface area contributed by atoms with E-state index in [9.17, 15) is 0 Å². The highest BCUT2D eigenvalue weighted by Gasteiger charge is 2.22. The molecule has 1 aliphatic rings. The molecule has 1 atom stereocenters. The van der Waals surface area contributed by atoms with E-state index in [2.05, 4.69) is 14.9 Å². The third-order valence-electron chi connectivity index (χ3n) is 2.80. The summed E-state index contributed by atoms with van der Waals surface area (Å²) in [6.07, 6.45) is 4.46. The van der Waals surface area contributed by atoms with Gasteiger partial charge < -0.3 is 5.73 Å². The number of nitrogens with zero attached hydrogens (tertiary/aromatic N) is 3. The predicted octanol–water partition coefficient (Wildman–Crippen LogP) is 0.911. The van der Waals surface area contributed by atoms with Crippen LogP contribution in [-0.2, 0) is 6.54 Å². The van der Waals surface area contributed by atoms with Gasteiger partial charge in [0.05, 0.1) is 5.69 Å². The Hall–Kier alpha value is -0.710. The molecule has 0 aliphatic carbocycles. The molecule has 0 aromatic carbocycles.